The Bertz CT molecular complexity index is 1270. The van der Waals surface area contributed by atoms with E-state index < -0.39 is 13.5 Å². The number of aryl methyl sites for hydroxylation is 1. The molecule has 1 aliphatic rings. The van der Waals surface area contributed by atoms with Gasteiger partial charge in [0.05, 0.1) is 0 Å². The van der Waals surface area contributed by atoms with Gasteiger partial charge in [0.1, 0.15) is 39.4 Å². The minimum absolute atomic E-state index is 0.641. The van der Waals surface area contributed by atoms with Gasteiger partial charge in [-0.15, -0.1) is 11.8 Å². The van der Waals surface area contributed by atoms with E-state index in [0.29, 0.717) is 5.84 Å². The first-order valence-corrected chi connectivity index (χ1v) is 14.9. The molecule has 180 valence electrons. The molecule has 4 aromatic rings. The van der Waals surface area contributed by atoms with Crippen molar-refractivity contribution in [1.29, 1.82) is 0 Å². The van der Waals surface area contributed by atoms with E-state index in [0.717, 1.165) is 37.6 Å². The lowest BCUT2D eigenvalue weighted by Crippen LogP contribution is -2.45. The lowest BCUT2D eigenvalue weighted by molar-refractivity contribution is -0.402. The fourth-order valence-electron chi connectivity index (χ4n) is 4.74. The molecule has 0 aromatic heterocycles. The quantitative estimate of drug-likeness (QED) is 0.360. The summed E-state index contributed by atoms with van der Waals surface area (Å²) in [7, 11) is -2.52. The third kappa shape index (κ3) is 4.53. The topological polar surface area (TPSA) is 47.5 Å². The monoisotopic (exact) mass is 508 g/mol. The zero-order chi connectivity index (χ0) is 25.0. The van der Waals surface area contributed by atoms with Crippen LogP contribution in [0.15, 0.2) is 131 Å². The Hall–Kier alpha value is -3.17. The molecule has 0 aliphatic carbocycles. The summed E-state index contributed by atoms with van der Waals surface area (Å²) >= 11 is 1.69. The molecule has 0 saturated heterocycles. The van der Waals surface area contributed by atoms with Crippen molar-refractivity contribution < 1.29 is 5.11 Å². The van der Waals surface area contributed by atoms with Crippen LogP contribution in [0.1, 0.15) is 18.1 Å². The number of hydrogen-bond donors (Lipinski definition) is 1. The van der Waals surface area contributed by atoms with Gasteiger partial charge in [-0.1, -0.05) is 91.3 Å². The Balaban J connectivity index is 1.80. The maximum atomic E-state index is 14.3. The highest BCUT2D eigenvalue weighted by Gasteiger charge is 2.52. The molecule has 5 rings (SSSR count). The molecule has 4 aromatic carbocycles. The predicted octanol–water partition coefficient (Wildman–Crippen LogP) is 4.95. The summed E-state index contributed by atoms with van der Waals surface area (Å²) in [4.78, 5) is 4.75. The summed E-state index contributed by atoms with van der Waals surface area (Å²) in [5.41, 5.74) is 2.10. The second-order valence-corrected chi connectivity index (χ2v) is 13.3. The molecule has 1 aliphatic heterocycles. The van der Waals surface area contributed by atoms with E-state index in [1.807, 2.05) is 30.3 Å². The standard InChI is InChI=1S/C31H29N2OPS/c1-3-36-31-28(30(34)32-29(33-31)24-21-19-23(2)20-22-24)35(25-13-7-4-8-14-25,26-15-9-5-10-16-26)27-17-11-6-12-18-27/h4-22,30H,3H2,1-2H3,(H,32,33). The molecule has 5 heteroatoms. The Kier molecular flexibility index (Phi) is 7.38. The van der Waals surface area contributed by atoms with E-state index >= 15 is 0 Å². The highest BCUT2D eigenvalue weighted by atomic mass is 32.2. The molecular formula is C31H29N2OPS. The second kappa shape index (κ2) is 10.8. The van der Waals surface area contributed by atoms with Crippen molar-refractivity contribution in [2.24, 2.45) is 4.99 Å². The van der Waals surface area contributed by atoms with Crippen LogP contribution in [0.2, 0.25) is 0 Å². The fraction of sp³-hybridized carbons (Fsp3) is 0.129. The maximum absolute atomic E-state index is 14.3. The zero-order valence-corrected chi connectivity index (χ0v) is 22.2. The van der Waals surface area contributed by atoms with Crippen molar-refractivity contribution in [2.45, 2.75) is 20.1 Å². The Morgan fingerprint density at radius 3 is 1.67 bits per heavy atom. The second-order valence-electron chi connectivity index (χ2n) is 8.65. The molecule has 0 amide bonds. The molecular weight excluding hydrogens is 479 g/mol. The summed E-state index contributed by atoms with van der Waals surface area (Å²) in [6, 6.07) is 39.7. The van der Waals surface area contributed by atoms with Crippen LogP contribution in [0, 0.1) is 6.92 Å². The number of aliphatic imine (C=N–C) groups is 1. The van der Waals surface area contributed by atoms with Gasteiger partial charge < -0.3 is 10.4 Å². The minimum atomic E-state index is -2.52. The number of nitrogens with one attached hydrogen (secondary N) is 1. The zero-order valence-electron chi connectivity index (χ0n) is 20.5. The van der Waals surface area contributed by atoms with Gasteiger partial charge >= 0.3 is 0 Å². The van der Waals surface area contributed by atoms with Gasteiger partial charge in [0.25, 0.3) is 0 Å². The average molecular weight is 509 g/mol. The van der Waals surface area contributed by atoms with Gasteiger partial charge in [-0.2, -0.15) is 0 Å². The largest absolute Gasteiger partial charge is 0.829 e. The number of thioether (sulfide) groups is 1. The van der Waals surface area contributed by atoms with Gasteiger partial charge in [-0.05, 0) is 49.1 Å². The summed E-state index contributed by atoms with van der Waals surface area (Å²) in [5.74, 6) is 1.49. The maximum Gasteiger partial charge on any atom is 0.143 e. The van der Waals surface area contributed by atoms with Crippen LogP contribution in [-0.2, 0) is 0 Å². The van der Waals surface area contributed by atoms with Gasteiger partial charge in [0, 0.05) is 11.8 Å². The molecule has 3 nitrogen and oxygen atoms in total. The lowest BCUT2D eigenvalue weighted by atomic mass is 10.1. The first kappa shape index (κ1) is 24.5. The van der Waals surface area contributed by atoms with E-state index in [1.54, 1.807) is 11.8 Å². The normalized spacial score (nSPS) is 15.9. The van der Waals surface area contributed by atoms with E-state index in [-0.39, 0.29) is 0 Å². The molecule has 1 heterocycles. The molecule has 0 radical (unpaired) electrons. The predicted molar refractivity (Wildman–Crippen MR) is 155 cm³/mol. The van der Waals surface area contributed by atoms with E-state index in [4.69, 9.17) is 4.99 Å². The molecule has 0 saturated carbocycles. The van der Waals surface area contributed by atoms with Crippen molar-refractivity contribution >= 4 is 40.8 Å². The molecule has 1 N–H and O–H groups in total. The third-order valence-electron chi connectivity index (χ3n) is 6.35. The summed E-state index contributed by atoms with van der Waals surface area (Å²) in [6.45, 7) is 4.19. The van der Waals surface area contributed by atoms with E-state index in [1.165, 1.54) is 5.56 Å². The molecule has 1 unspecified atom stereocenters. The smallest absolute Gasteiger partial charge is 0.143 e. The fourth-order valence-corrected chi connectivity index (χ4v) is 10.4. The van der Waals surface area contributed by atoms with Crippen molar-refractivity contribution in [2.75, 3.05) is 5.75 Å². The summed E-state index contributed by atoms with van der Waals surface area (Å²) in [5, 5.41) is 23.1. The first-order valence-electron chi connectivity index (χ1n) is 12.2. The first-order chi connectivity index (χ1) is 17.6. The van der Waals surface area contributed by atoms with Crippen LogP contribution < -0.4 is 26.3 Å². The van der Waals surface area contributed by atoms with Gasteiger partial charge in [0.2, 0.25) is 0 Å². The Morgan fingerprint density at radius 1 is 0.750 bits per heavy atom. The Labute approximate surface area is 218 Å². The molecule has 1 atom stereocenters. The average Bonchev–Trinajstić information content (AvgIpc) is 2.93. The number of benzene rings is 4. The van der Waals surface area contributed by atoms with Crippen LogP contribution in [-0.4, -0.2) is 17.8 Å². The number of hydrogen-bond acceptors (Lipinski definition) is 4. The number of amidine groups is 1. The van der Waals surface area contributed by atoms with Crippen molar-refractivity contribution in [1.82, 2.24) is 5.32 Å². The van der Waals surface area contributed by atoms with E-state index in [9.17, 15) is 5.11 Å². The SMILES string of the molecule is CCSC1=C([P+](c2ccccc2)(c2ccccc2)c2ccccc2)C([O-])N=C(c2ccc(C)cc2)N1. The molecule has 0 bridgehead atoms. The minimum Gasteiger partial charge on any atom is -0.829 e. The molecule has 0 fully saturated rings. The Morgan fingerprint density at radius 2 is 1.22 bits per heavy atom. The highest BCUT2D eigenvalue weighted by Crippen LogP contribution is 2.65. The van der Waals surface area contributed by atoms with Gasteiger partial charge in [0.15, 0.2) is 0 Å². The third-order valence-corrected chi connectivity index (χ3v) is 11.8. The summed E-state index contributed by atoms with van der Waals surface area (Å²) in [6.07, 6.45) is -1.23. The van der Waals surface area contributed by atoms with Crippen LogP contribution in [0.5, 0.6) is 0 Å². The van der Waals surface area contributed by atoms with E-state index in [2.05, 4.69) is 104 Å². The highest BCUT2D eigenvalue weighted by molar-refractivity contribution is 8.05. The van der Waals surface area contributed by atoms with Crippen molar-refractivity contribution in [3.05, 3.63) is 137 Å². The van der Waals surface area contributed by atoms with Crippen LogP contribution >= 0.6 is 19.0 Å². The van der Waals surface area contributed by atoms with Gasteiger partial charge in [-0.25, -0.2) is 0 Å². The van der Waals surface area contributed by atoms with Crippen LogP contribution in [0.25, 0.3) is 0 Å². The summed E-state index contributed by atoms with van der Waals surface area (Å²) < 4.78 is 0. The molecule has 36 heavy (non-hydrogen) atoms. The lowest BCUT2D eigenvalue weighted by Gasteiger charge is -2.38. The molecule has 0 spiro atoms. The number of rotatable bonds is 7. The van der Waals surface area contributed by atoms with Crippen LogP contribution in [0.4, 0.5) is 0 Å². The van der Waals surface area contributed by atoms with Crippen molar-refractivity contribution in [3.8, 4) is 0 Å². The van der Waals surface area contributed by atoms with Gasteiger partial charge in [-0.3, -0.25) is 4.99 Å². The van der Waals surface area contributed by atoms with Crippen LogP contribution in [0.3, 0.4) is 0 Å². The van der Waals surface area contributed by atoms with Crippen molar-refractivity contribution in [3.63, 3.8) is 0 Å². The number of nitrogens with zero attached hydrogens (tertiary/aromatic N) is 1.